The molecule has 0 saturated heterocycles. The van der Waals surface area contributed by atoms with Crippen molar-refractivity contribution in [3.63, 3.8) is 0 Å². The van der Waals surface area contributed by atoms with Crippen molar-refractivity contribution in [1.29, 1.82) is 0 Å². The second-order valence-corrected chi connectivity index (χ2v) is 7.09. The Kier molecular flexibility index (Phi) is 3.89. The average Bonchev–Trinajstić information content (AvgIpc) is 2.27. The molecule has 0 aromatic carbocycles. The van der Waals surface area contributed by atoms with E-state index in [1.807, 2.05) is 0 Å². The van der Waals surface area contributed by atoms with Gasteiger partial charge in [-0.3, -0.25) is 0 Å². The molecular formula is C11H14ClFN2O2S. The van der Waals surface area contributed by atoms with Gasteiger partial charge in [-0.05, 0) is 30.9 Å². The van der Waals surface area contributed by atoms with E-state index in [9.17, 15) is 12.8 Å². The summed E-state index contributed by atoms with van der Waals surface area (Å²) in [4.78, 5) is 3.61. The van der Waals surface area contributed by atoms with E-state index in [0.29, 0.717) is 6.54 Å². The molecule has 1 aliphatic carbocycles. The molecule has 0 amide bonds. The summed E-state index contributed by atoms with van der Waals surface area (Å²) in [5, 5.41) is -0.382. The molecule has 0 spiro atoms. The van der Waals surface area contributed by atoms with Crippen LogP contribution >= 0.6 is 11.6 Å². The zero-order valence-corrected chi connectivity index (χ0v) is 11.5. The summed E-state index contributed by atoms with van der Waals surface area (Å²) in [6.45, 7) is 0.349. The Labute approximate surface area is 111 Å². The largest absolute Gasteiger partial charge is 0.263 e. The fourth-order valence-electron chi connectivity index (χ4n) is 1.97. The molecule has 0 N–H and O–H groups in total. The van der Waals surface area contributed by atoms with Gasteiger partial charge in [0.2, 0.25) is 5.03 Å². The lowest BCUT2D eigenvalue weighted by molar-refractivity contribution is 0.268. The molecule has 2 rings (SSSR count). The third-order valence-corrected chi connectivity index (χ3v) is 5.19. The van der Waals surface area contributed by atoms with Crippen LogP contribution in [0.2, 0.25) is 0 Å². The van der Waals surface area contributed by atoms with Gasteiger partial charge in [0.05, 0.1) is 0 Å². The van der Waals surface area contributed by atoms with E-state index < -0.39 is 20.9 Å². The molecule has 100 valence electrons. The molecule has 18 heavy (non-hydrogen) atoms. The van der Waals surface area contributed by atoms with Gasteiger partial charge in [-0.25, -0.2) is 17.8 Å². The lowest BCUT2D eigenvalue weighted by Gasteiger charge is -2.33. The van der Waals surface area contributed by atoms with Gasteiger partial charge in [0.15, 0.2) is 5.82 Å². The predicted octanol–water partition coefficient (Wildman–Crippen LogP) is 1.86. The molecule has 0 unspecified atom stereocenters. The van der Waals surface area contributed by atoms with Crippen LogP contribution < -0.4 is 0 Å². The van der Waals surface area contributed by atoms with Crippen LogP contribution in [0.1, 0.15) is 12.8 Å². The van der Waals surface area contributed by atoms with Crippen molar-refractivity contribution in [2.75, 3.05) is 13.6 Å². The maximum Gasteiger partial charge on any atom is 0.263 e. The van der Waals surface area contributed by atoms with E-state index in [-0.39, 0.29) is 11.3 Å². The molecule has 1 aromatic rings. The van der Waals surface area contributed by atoms with Gasteiger partial charge in [-0.2, -0.15) is 4.31 Å². The fourth-order valence-corrected chi connectivity index (χ4v) is 3.69. The highest BCUT2D eigenvalue weighted by atomic mass is 35.5. The summed E-state index contributed by atoms with van der Waals surface area (Å²) in [5.74, 6) is -0.577. The summed E-state index contributed by atoms with van der Waals surface area (Å²) in [6, 6.07) is 2.45. The number of nitrogens with zero attached hydrogens (tertiary/aromatic N) is 2. The van der Waals surface area contributed by atoms with Crippen molar-refractivity contribution in [3.05, 3.63) is 24.1 Å². The van der Waals surface area contributed by atoms with Gasteiger partial charge < -0.3 is 0 Å². The maximum absolute atomic E-state index is 13.5. The first kappa shape index (κ1) is 13.7. The van der Waals surface area contributed by atoms with Crippen molar-refractivity contribution in [2.45, 2.75) is 23.2 Å². The highest BCUT2D eigenvalue weighted by Gasteiger charge is 2.33. The molecule has 1 fully saturated rings. The smallest absolute Gasteiger partial charge is 0.241 e. The second kappa shape index (κ2) is 5.11. The Morgan fingerprint density at radius 2 is 2.22 bits per heavy atom. The number of sulfonamides is 1. The van der Waals surface area contributed by atoms with Crippen LogP contribution in [0.3, 0.4) is 0 Å². The highest BCUT2D eigenvalue weighted by Crippen LogP contribution is 2.33. The number of hydrogen-bond donors (Lipinski definition) is 0. The number of pyridine rings is 1. The predicted molar refractivity (Wildman–Crippen MR) is 66.4 cm³/mol. The van der Waals surface area contributed by atoms with Crippen LogP contribution in [0.15, 0.2) is 23.4 Å². The Morgan fingerprint density at radius 3 is 2.78 bits per heavy atom. The van der Waals surface area contributed by atoms with E-state index >= 15 is 0 Å². The summed E-state index contributed by atoms with van der Waals surface area (Å²) < 4.78 is 38.8. The molecule has 0 atom stereocenters. The van der Waals surface area contributed by atoms with Crippen LogP contribution in [0.4, 0.5) is 4.39 Å². The lowest BCUT2D eigenvalue weighted by Crippen LogP contribution is -2.38. The van der Waals surface area contributed by atoms with Crippen LogP contribution in [-0.2, 0) is 10.0 Å². The second-order valence-electron chi connectivity index (χ2n) is 4.51. The van der Waals surface area contributed by atoms with E-state index in [2.05, 4.69) is 4.98 Å². The standard InChI is InChI=1S/C11H14ClFN2O2S/c1-15(7-8-5-9(12)6-8)18(16,17)11-10(13)3-2-4-14-11/h2-4,8-9H,5-7H2,1H3. The summed E-state index contributed by atoms with van der Waals surface area (Å²) in [6.07, 6.45) is 2.86. The minimum atomic E-state index is -3.85. The monoisotopic (exact) mass is 292 g/mol. The van der Waals surface area contributed by atoms with Crippen LogP contribution in [0.5, 0.6) is 0 Å². The zero-order valence-electron chi connectivity index (χ0n) is 9.88. The van der Waals surface area contributed by atoms with Gasteiger partial charge in [-0.15, -0.1) is 11.6 Å². The minimum absolute atomic E-state index is 0.137. The quantitative estimate of drug-likeness (QED) is 0.796. The number of aromatic nitrogens is 1. The molecule has 4 nitrogen and oxygen atoms in total. The summed E-state index contributed by atoms with van der Waals surface area (Å²) in [7, 11) is -2.42. The molecule has 1 aliphatic rings. The molecule has 7 heteroatoms. The molecule has 1 aromatic heterocycles. The molecule has 0 aliphatic heterocycles. The normalized spacial score (nSPS) is 24.0. The average molecular weight is 293 g/mol. The topological polar surface area (TPSA) is 50.3 Å². The maximum atomic E-state index is 13.5. The summed E-state index contributed by atoms with van der Waals surface area (Å²) in [5.41, 5.74) is 0. The fraction of sp³-hybridized carbons (Fsp3) is 0.545. The highest BCUT2D eigenvalue weighted by molar-refractivity contribution is 7.89. The third kappa shape index (κ3) is 2.65. The minimum Gasteiger partial charge on any atom is -0.241 e. The van der Waals surface area contributed by atoms with Crippen LogP contribution in [-0.4, -0.2) is 36.7 Å². The Balaban J connectivity index is 2.13. The first-order valence-electron chi connectivity index (χ1n) is 5.62. The first-order valence-corrected chi connectivity index (χ1v) is 7.50. The van der Waals surface area contributed by atoms with E-state index in [1.165, 1.54) is 19.3 Å². The zero-order chi connectivity index (χ0) is 13.3. The van der Waals surface area contributed by atoms with Crippen molar-refractivity contribution in [3.8, 4) is 0 Å². The lowest BCUT2D eigenvalue weighted by atomic mass is 9.85. The SMILES string of the molecule is CN(CC1CC(Cl)C1)S(=O)(=O)c1ncccc1F. The van der Waals surface area contributed by atoms with Gasteiger partial charge in [0.1, 0.15) is 0 Å². The van der Waals surface area contributed by atoms with Crippen molar-refractivity contribution in [2.24, 2.45) is 5.92 Å². The Bertz CT molecular complexity index is 532. The van der Waals surface area contributed by atoms with E-state index in [0.717, 1.165) is 23.2 Å². The van der Waals surface area contributed by atoms with Gasteiger partial charge in [0.25, 0.3) is 10.0 Å². The van der Waals surface area contributed by atoms with E-state index in [4.69, 9.17) is 11.6 Å². The van der Waals surface area contributed by atoms with Crippen LogP contribution in [0.25, 0.3) is 0 Å². The Morgan fingerprint density at radius 1 is 1.56 bits per heavy atom. The molecule has 0 radical (unpaired) electrons. The van der Waals surface area contributed by atoms with Crippen LogP contribution in [0, 0.1) is 11.7 Å². The van der Waals surface area contributed by atoms with Gasteiger partial charge >= 0.3 is 0 Å². The number of hydrogen-bond acceptors (Lipinski definition) is 3. The van der Waals surface area contributed by atoms with Crippen molar-refractivity contribution in [1.82, 2.24) is 9.29 Å². The molecule has 0 bridgehead atoms. The number of halogens is 2. The molecule has 1 saturated carbocycles. The van der Waals surface area contributed by atoms with Crippen molar-refractivity contribution >= 4 is 21.6 Å². The van der Waals surface area contributed by atoms with Gasteiger partial charge in [0, 0.05) is 25.2 Å². The third-order valence-electron chi connectivity index (χ3n) is 3.07. The van der Waals surface area contributed by atoms with E-state index in [1.54, 1.807) is 0 Å². The van der Waals surface area contributed by atoms with Crippen molar-refractivity contribution < 1.29 is 12.8 Å². The van der Waals surface area contributed by atoms with Gasteiger partial charge in [-0.1, -0.05) is 0 Å². The number of rotatable bonds is 4. The summed E-state index contributed by atoms with van der Waals surface area (Å²) >= 11 is 5.84. The first-order chi connectivity index (χ1) is 8.41. The number of alkyl halides is 1. The molecular weight excluding hydrogens is 279 g/mol. The Hall–Kier alpha value is -0.720. The molecule has 1 heterocycles.